The van der Waals surface area contributed by atoms with Crippen LogP contribution >= 0.6 is 0 Å². The first kappa shape index (κ1) is 56.5. The lowest BCUT2D eigenvalue weighted by Gasteiger charge is -2.52. The van der Waals surface area contributed by atoms with E-state index in [9.17, 15) is 95.2 Å². The highest BCUT2D eigenvalue weighted by Crippen LogP contribution is 2.37. The number of rotatable bonds is 24. The van der Waals surface area contributed by atoms with Crippen molar-refractivity contribution in [3.8, 4) is 0 Å². The van der Waals surface area contributed by atoms with Gasteiger partial charge in [-0.3, -0.25) is 19.2 Å². The van der Waals surface area contributed by atoms with Crippen molar-refractivity contribution in [3.05, 3.63) is 0 Å². The molecule has 3 aliphatic heterocycles. The lowest BCUT2D eigenvalue weighted by molar-refractivity contribution is -0.405. The third kappa shape index (κ3) is 14.3. The third-order valence-corrected chi connectivity index (χ3v) is 10.6. The Balaban J connectivity index is 1.93. The molecule has 3 rings (SSSR count). The predicted octanol–water partition coefficient (Wildman–Crippen LogP) is -9.11. The van der Waals surface area contributed by atoms with Gasteiger partial charge in [0.2, 0.25) is 35.6 Å². The van der Waals surface area contributed by atoms with E-state index in [2.05, 4.69) is 16.0 Å². The molecule has 0 spiro atoms. The molecular formula is C37H62N4O25. The summed E-state index contributed by atoms with van der Waals surface area (Å²) in [7, 11) is 0. The molecule has 4 amide bonds. The van der Waals surface area contributed by atoms with Crippen molar-refractivity contribution in [2.45, 2.75) is 169 Å². The average molecular weight is 963 g/mol. The minimum atomic E-state index is -3.32. The van der Waals surface area contributed by atoms with Crippen molar-refractivity contribution in [2.24, 2.45) is 0 Å². The number of carboxylic acid groups (broad SMARTS) is 2. The first-order valence-corrected chi connectivity index (χ1v) is 20.8. The zero-order valence-electron chi connectivity index (χ0n) is 36.0. The summed E-state index contributed by atoms with van der Waals surface area (Å²) < 4.78 is 32.8. The number of carbonyl (C=O) groups excluding carboxylic acids is 4. The monoisotopic (exact) mass is 962 g/mol. The second-order valence-electron chi connectivity index (χ2n) is 15.8. The molecule has 0 aromatic carbocycles. The number of aliphatic hydroxyl groups excluding tert-OH is 10. The molecule has 29 heteroatoms. The van der Waals surface area contributed by atoms with Gasteiger partial charge in [-0.05, 0) is 19.3 Å². The Hall–Kier alpha value is -3.86. The van der Waals surface area contributed by atoms with Crippen molar-refractivity contribution in [1.29, 1.82) is 0 Å². The van der Waals surface area contributed by atoms with Crippen LogP contribution in [0.2, 0.25) is 0 Å². The summed E-state index contributed by atoms with van der Waals surface area (Å²) in [4.78, 5) is 73.9. The van der Waals surface area contributed by atoms with Gasteiger partial charge < -0.3 is 116 Å². The summed E-state index contributed by atoms with van der Waals surface area (Å²) in [6, 6.07) is -1.56. The van der Waals surface area contributed by atoms with Gasteiger partial charge in [-0.25, -0.2) is 9.59 Å². The van der Waals surface area contributed by atoms with Crippen LogP contribution < -0.4 is 21.3 Å². The molecule has 3 saturated heterocycles. The molecule has 0 saturated carbocycles. The number of hydrogen-bond acceptors (Lipinski definition) is 23. The van der Waals surface area contributed by atoms with Crippen LogP contribution in [0.3, 0.4) is 0 Å². The number of carbonyl (C=O) groups is 6. The normalized spacial score (nSPS) is 35.4. The van der Waals surface area contributed by atoms with Crippen LogP contribution in [0, 0.1) is 0 Å². The maximum absolute atomic E-state index is 12.8. The number of hydrogen-bond donors (Lipinski definition) is 17. The Labute approximate surface area is 375 Å². The predicted molar refractivity (Wildman–Crippen MR) is 209 cm³/mol. The number of aliphatic carboxylic acids is 2. The van der Waals surface area contributed by atoms with Crippen molar-refractivity contribution < 1.29 is 124 Å². The van der Waals surface area contributed by atoms with Gasteiger partial charge in [-0.1, -0.05) is 6.92 Å². The molecule has 66 heavy (non-hydrogen) atoms. The lowest BCUT2D eigenvalue weighted by atomic mass is 9.91. The molecule has 0 radical (unpaired) electrons. The van der Waals surface area contributed by atoms with Crippen LogP contribution in [0.1, 0.15) is 52.9 Å². The fourth-order valence-electron chi connectivity index (χ4n) is 7.21. The van der Waals surface area contributed by atoms with E-state index in [1.54, 1.807) is 0 Å². The second kappa shape index (κ2) is 25.5. The van der Waals surface area contributed by atoms with Crippen molar-refractivity contribution >= 4 is 35.6 Å². The van der Waals surface area contributed by atoms with Gasteiger partial charge in [0.1, 0.15) is 73.2 Å². The molecule has 380 valence electrons. The molecule has 0 bridgehead atoms. The lowest BCUT2D eigenvalue weighted by Crippen LogP contribution is -2.76. The number of unbranched alkanes of at least 4 members (excludes halogenated alkanes) is 1. The van der Waals surface area contributed by atoms with E-state index in [1.807, 2.05) is 12.2 Å². The highest BCUT2D eigenvalue weighted by atomic mass is 16.8. The molecule has 3 heterocycles. The Morgan fingerprint density at radius 3 is 1.82 bits per heavy atom. The van der Waals surface area contributed by atoms with Crippen LogP contribution in [0.4, 0.5) is 0 Å². The molecule has 0 aromatic heterocycles. The first-order chi connectivity index (χ1) is 30.9. The first-order valence-electron chi connectivity index (χ1n) is 20.8. The molecule has 3 aliphatic rings. The van der Waals surface area contributed by atoms with E-state index >= 15 is 0 Å². The molecule has 0 aromatic rings. The smallest absolute Gasteiger partial charge is 0.335 e. The zero-order chi connectivity index (χ0) is 49.8. The summed E-state index contributed by atoms with van der Waals surface area (Å²) in [5.41, 5.74) is -3.32. The summed E-state index contributed by atoms with van der Waals surface area (Å²) >= 11 is 0. The Kier molecular flexibility index (Phi) is 21.8. The molecular weight excluding hydrogens is 900 g/mol. The van der Waals surface area contributed by atoms with Gasteiger partial charge in [-0.15, -0.1) is 0 Å². The highest BCUT2D eigenvalue weighted by molar-refractivity contribution is 5.77. The molecule has 3 fully saturated rings. The summed E-state index contributed by atoms with van der Waals surface area (Å²) in [6.45, 7) is 1.29. The third-order valence-electron chi connectivity index (χ3n) is 10.6. The molecule has 29 nitrogen and oxygen atoms in total. The Morgan fingerprint density at radius 2 is 1.29 bits per heavy atom. The van der Waals surface area contributed by atoms with E-state index in [0.29, 0.717) is 13.0 Å². The van der Waals surface area contributed by atoms with Gasteiger partial charge in [0.25, 0.3) is 0 Å². The zero-order valence-corrected chi connectivity index (χ0v) is 36.0. The van der Waals surface area contributed by atoms with Crippen LogP contribution in [0.25, 0.3) is 0 Å². The van der Waals surface area contributed by atoms with Crippen LogP contribution in [-0.2, 0) is 57.2 Å². The average Bonchev–Trinajstić information content (AvgIpc) is 3.25. The van der Waals surface area contributed by atoms with Crippen LogP contribution in [-0.4, -0.2) is 244 Å². The number of nitrogens with one attached hydrogen (secondary N) is 4. The van der Waals surface area contributed by atoms with Crippen LogP contribution in [0.15, 0.2) is 0 Å². The maximum atomic E-state index is 12.8. The minimum absolute atomic E-state index is 0.110. The van der Waals surface area contributed by atoms with Gasteiger partial charge in [0, 0.05) is 39.8 Å². The van der Waals surface area contributed by atoms with Crippen molar-refractivity contribution in [1.82, 2.24) is 21.3 Å². The minimum Gasteiger partial charge on any atom is -0.479 e. The van der Waals surface area contributed by atoms with Crippen molar-refractivity contribution in [3.63, 3.8) is 0 Å². The quantitative estimate of drug-likeness (QED) is 0.0315. The van der Waals surface area contributed by atoms with Crippen LogP contribution in [0.5, 0.6) is 0 Å². The maximum Gasteiger partial charge on any atom is 0.335 e. The van der Waals surface area contributed by atoms with E-state index in [0.717, 1.165) is 20.3 Å². The Morgan fingerprint density at radius 1 is 0.712 bits per heavy atom. The van der Waals surface area contributed by atoms with Gasteiger partial charge in [0.15, 0.2) is 24.8 Å². The number of aliphatic hydroxyl groups is 11. The highest BCUT2D eigenvalue weighted by Gasteiger charge is 2.62. The standard InChI is InChI=1S/C37H62N4O25/c1-4-9-38-18(47)7-5-6-8-19(48)39-10-15(40-13(2)44)27(20(49)16(46)11-42)62-34-26(55)24(53)28(30(64-34)33(58)59)65-36-37(60,41-14(3)45)31(21(50)17(12-43)61-36)66-35-25(54)22(51)23(52)29(63-35)32(56)57/h15-17,20-31,34-36,42-43,46,49-55,60H,4-12H2,1-3H3,(H,38,47)(H,39,48)(H,40,44)(H,41,45)(H,56,57)(H,58,59)/t15?,16?,17?,20-,21-,22-,23+,24+,25?,26?,27+,28+,29?,30?,31-,34+,35-,36-,37?/m0/s1. The SMILES string of the molecule is CCCNC(=O)CCCCC(=O)NCC(NC(C)=O)[C@@H](O[C@@H]1OC(C(=O)O)[C@H](O[C@@H]2OC(CO)[C@H](O)[C@H](O[C@@H]3OC(C(=O)O)[C@H](O)[C@H](O)C3O)C2(O)NC(C)=O)[C@H](O)C1O)[C@@H](O)C(O)CO. The fraction of sp³-hybridized carbons (Fsp3) is 0.838. The van der Waals surface area contributed by atoms with Gasteiger partial charge >= 0.3 is 11.9 Å². The van der Waals surface area contributed by atoms with Crippen molar-refractivity contribution in [2.75, 3.05) is 26.3 Å². The largest absolute Gasteiger partial charge is 0.479 e. The molecule has 19 atom stereocenters. The number of carboxylic acids is 2. The van der Waals surface area contributed by atoms with E-state index in [-0.39, 0.29) is 25.2 Å². The van der Waals surface area contributed by atoms with E-state index in [1.165, 1.54) is 0 Å². The molecule has 17 N–H and O–H groups in total. The summed E-state index contributed by atoms with van der Waals surface area (Å²) in [5.74, 6) is -6.67. The van der Waals surface area contributed by atoms with Gasteiger partial charge in [0.05, 0.1) is 19.3 Å². The van der Waals surface area contributed by atoms with E-state index < -0.39 is 166 Å². The second-order valence-corrected chi connectivity index (χ2v) is 15.8. The number of ether oxygens (including phenoxy) is 6. The molecule has 0 aliphatic carbocycles. The Bertz CT molecular complexity index is 1630. The van der Waals surface area contributed by atoms with Gasteiger partial charge in [-0.2, -0.15) is 0 Å². The fourth-order valence-corrected chi connectivity index (χ4v) is 7.21. The summed E-state index contributed by atoms with van der Waals surface area (Å²) in [6.07, 6.45) is -37.9. The van der Waals surface area contributed by atoms with E-state index in [4.69, 9.17) is 28.4 Å². The number of amides is 4. The topological polar surface area (TPSA) is 469 Å². The molecule has 8 unspecified atom stereocenters. The summed E-state index contributed by atoms with van der Waals surface area (Å²) in [5, 5.41) is 147.